The van der Waals surface area contributed by atoms with Crippen LogP contribution in [0, 0.1) is 6.92 Å². The fourth-order valence-corrected chi connectivity index (χ4v) is 4.85. The number of hydrogen-bond acceptors (Lipinski definition) is 5. The van der Waals surface area contributed by atoms with Gasteiger partial charge < -0.3 is 5.32 Å². The number of amides is 1. The second kappa shape index (κ2) is 7.94. The molecule has 0 fully saturated rings. The maximum atomic E-state index is 13.1. The van der Waals surface area contributed by atoms with Gasteiger partial charge in [-0.3, -0.25) is 4.79 Å². The summed E-state index contributed by atoms with van der Waals surface area (Å²) < 4.78 is 31.6. The average molecular weight is 390 g/mol. The van der Waals surface area contributed by atoms with E-state index in [0.717, 1.165) is 0 Å². The molecule has 136 valence electrons. The molecule has 1 unspecified atom stereocenters. The van der Waals surface area contributed by atoms with Gasteiger partial charge in [0.05, 0.1) is 22.8 Å². The van der Waals surface area contributed by atoms with Crippen LogP contribution in [-0.4, -0.2) is 35.6 Å². The van der Waals surface area contributed by atoms with Crippen molar-refractivity contribution in [3.8, 4) is 0 Å². The summed E-state index contributed by atoms with van der Waals surface area (Å²) in [5.74, 6) is -0.393. The van der Waals surface area contributed by atoms with Crippen LogP contribution in [0.1, 0.15) is 12.1 Å². The summed E-state index contributed by atoms with van der Waals surface area (Å²) in [5, 5.41) is 4.47. The van der Waals surface area contributed by atoms with Crippen molar-refractivity contribution in [2.45, 2.75) is 24.3 Å². The lowest BCUT2D eigenvalue weighted by atomic mass is 10.1. The number of benzene rings is 1. The number of hydrogen-bond donors (Lipinski definition) is 1. The van der Waals surface area contributed by atoms with Crippen molar-refractivity contribution < 1.29 is 13.2 Å². The molecule has 6 nitrogen and oxygen atoms in total. The lowest BCUT2D eigenvalue weighted by molar-refractivity contribution is -0.116. The molecule has 1 aliphatic rings. The van der Waals surface area contributed by atoms with Gasteiger partial charge in [0, 0.05) is 11.4 Å². The Hall–Kier alpha value is -2.29. The molecule has 1 amide bonds. The fourth-order valence-electron chi connectivity index (χ4n) is 2.63. The summed E-state index contributed by atoms with van der Waals surface area (Å²) in [6, 6.07) is 7.76. The third-order valence-corrected chi connectivity index (χ3v) is 6.61. The topological polar surface area (TPSA) is 79.4 Å². The van der Waals surface area contributed by atoms with Gasteiger partial charge in [0.1, 0.15) is 0 Å². The Morgan fingerprint density at radius 3 is 2.69 bits per heavy atom. The highest BCUT2D eigenvalue weighted by Crippen LogP contribution is 2.23. The molecule has 2 aromatic rings. The summed E-state index contributed by atoms with van der Waals surface area (Å²) in [7, 11) is -3.81. The van der Waals surface area contributed by atoms with Crippen molar-refractivity contribution >= 4 is 33.2 Å². The van der Waals surface area contributed by atoms with Gasteiger partial charge in [0.25, 0.3) is 0 Å². The Morgan fingerprint density at radius 2 is 2.08 bits per heavy atom. The number of allylic oxidation sites excluding steroid dienone is 2. The van der Waals surface area contributed by atoms with E-state index in [9.17, 15) is 13.2 Å². The van der Waals surface area contributed by atoms with Gasteiger partial charge in [-0.25, -0.2) is 8.42 Å². The maximum absolute atomic E-state index is 13.1. The number of sulfonamides is 1. The number of carbonyl (C=O) groups is 1. The zero-order valence-corrected chi connectivity index (χ0v) is 15.8. The van der Waals surface area contributed by atoms with Crippen LogP contribution in [0.4, 0.5) is 5.69 Å². The van der Waals surface area contributed by atoms with Crippen molar-refractivity contribution in [2.75, 3.05) is 11.9 Å². The first-order valence-electron chi connectivity index (χ1n) is 8.09. The molecule has 26 heavy (non-hydrogen) atoms. The Bertz CT molecular complexity index is 934. The number of rotatable bonds is 6. The summed E-state index contributed by atoms with van der Waals surface area (Å²) in [6.45, 7) is 1.52. The fraction of sp³-hybridized carbons (Fsp3) is 0.222. The van der Waals surface area contributed by atoms with E-state index in [2.05, 4.69) is 9.69 Å². The molecule has 0 spiro atoms. The van der Waals surface area contributed by atoms with Crippen molar-refractivity contribution in [3.63, 3.8) is 0 Å². The Labute approximate surface area is 157 Å². The van der Waals surface area contributed by atoms with E-state index in [1.165, 1.54) is 28.0 Å². The second-order valence-electron chi connectivity index (χ2n) is 5.84. The summed E-state index contributed by atoms with van der Waals surface area (Å²) >= 11 is 1.24. The van der Waals surface area contributed by atoms with E-state index in [1.807, 2.05) is 12.2 Å². The monoisotopic (exact) mass is 389 g/mol. The van der Waals surface area contributed by atoms with Crippen LogP contribution in [-0.2, 0) is 14.8 Å². The highest BCUT2D eigenvalue weighted by molar-refractivity contribution is 7.89. The molecule has 0 saturated heterocycles. The number of nitrogens with zero attached hydrogens (tertiary/aromatic N) is 2. The van der Waals surface area contributed by atoms with Crippen LogP contribution < -0.4 is 5.32 Å². The quantitative estimate of drug-likeness (QED) is 0.824. The minimum Gasteiger partial charge on any atom is -0.323 e. The number of carbonyl (C=O) groups excluding carboxylic acids is 1. The normalized spacial score (nSPS) is 16.8. The van der Waals surface area contributed by atoms with Gasteiger partial charge in [-0.2, -0.15) is 8.68 Å². The molecule has 0 saturated carbocycles. The van der Waals surface area contributed by atoms with Gasteiger partial charge in [-0.15, -0.1) is 0 Å². The van der Waals surface area contributed by atoms with Crippen molar-refractivity contribution in [2.24, 2.45) is 0 Å². The molecule has 0 bridgehead atoms. The first kappa shape index (κ1) is 18.5. The van der Waals surface area contributed by atoms with Crippen LogP contribution >= 0.6 is 11.5 Å². The number of anilines is 1. The maximum Gasteiger partial charge on any atom is 0.244 e. The van der Waals surface area contributed by atoms with E-state index in [4.69, 9.17) is 0 Å². The van der Waals surface area contributed by atoms with Crippen LogP contribution in [0.5, 0.6) is 0 Å². The lowest BCUT2D eigenvalue weighted by Crippen LogP contribution is -2.44. The van der Waals surface area contributed by atoms with Crippen LogP contribution in [0.2, 0.25) is 0 Å². The van der Waals surface area contributed by atoms with Crippen molar-refractivity contribution in [1.29, 1.82) is 0 Å². The van der Waals surface area contributed by atoms with E-state index in [1.54, 1.807) is 42.7 Å². The molecule has 1 atom stereocenters. The van der Waals surface area contributed by atoms with Crippen LogP contribution in [0.3, 0.4) is 0 Å². The lowest BCUT2D eigenvalue weighted by Gasteiger charge is -2.28. The third-order valence-electron chi connectivity index (χ3n) is 4.00. The molecule has 0 radical (unpaired) electrons. The van der Waals surface area contributed by atoms with Crippen molar-refractivity contribution in [3.05, 3.63) is 65.7 Å². The molecule has 1 N–H and O–H groups in total. The highest BCUT2D eigenvalue weighted by Gasteiger charge is 2.32. The molecule has 1 aliphatic carbocycles. The standard InChI is InChI=1S/C18H19N3O3S2/c1-14-17(13-25-20-14)19-18(22)12-21(15-8-4-2-5-9-15)26(23,24)16-10-6-3-7-11-16/h2-8,10-11,13,15H,9,12H2,1H3,(H,19,22). The Kier molecular flexibility index (Phi) is 5.65. The zero-order valence-electron chi connectivity index (χ0n) is 14.2. The van der Waals surface area contributed by atoms with E-state index < -0.39 is 22.0 Å². The largest absolute Gasteiger partial charge is 0.323 e. The van der Waals surface area contributed by atoms with Gasteiger partial charge in [-0.05, 0) is 37.0 Å². The predicted molar refractivity (Wildman–Crippen MR) is 102 cm³/mol. The van der Waals surface area contributed by atoms with E-state index in [-0.39, 0.29) is 11.4 Å². The average Bonchev–Trinajstić information content (AvgIpc) is 3.05. The smallest absolute Gasteiger partial charge is 0.244 e. The predicted octanol–water partition coefficient (Wildman–Crippen LogP) is 2.97. The Morgan fingerprint density at radius 1 is 1.31 bits per heavy atom. The molecule has 8 heteroatoms. The molecule has 3 rings (SSSR count). The van der Waals surface area contributed by atoms with Crippen molar-refractivity contribution in [1.82, 2.24) is 8.68 Å². The summed E-state index contributed by atoms with van der Waals surface area (Å²) in [5.41, 5.74) is 1.32. The molecule has 1 heterocycles. The zero-order chi connectivity index (χ0) is 18.6. The Balaban J connectivity index is 1.86. The molecule has 1 aromatic carbocycles. The summed E-state index contributed by atoms with van der Waals surface area (Å²) in [4.78, 5) is 12.7. The molecule has 1 aromatic heterocycles. The first-order chi connectivity index (χ1) is 12.5. The highest BCUT2D eigenvalue weighted by atomic mass is 32.2. The minimum atomic E-state index is -3.81. The molecule has 0 aliphatic heterocycles. The second-order valence-corrected chi connectivity index (χ2v) is 8.36. The van der Waals surface area contributed by atoms with Gasteiger partial charge in [0.2, 0.25) is 15.9 Å². The first-order valence-corrected chi connectivity index (χ1v) is 10.4. The number of nitrogens with one attached hydrogen (secondary N) is 1. The number of aryl methyl sites for hydroxylation is 1. The molecular weight excluding hydrogens is 370 g/mol. The van der Waals surface area contributed by atoms with Gasteiger partial charge in [-0.1, -0.05) is 42.5 Å². The molecular formula is C18H19N3O3S2. The van der Waals surface area contributed by atoms with Gasteiger partial charge in [0.15, 0.2) is 0 Å². The van der Waals surface area contributed by atoms with Crippen LogP contribution in [0.15, 0.2) is 64.9 Å². The summed E-state index contributed by atoms with van der Waals surface area (Å²) in [6.07, 6.45) is 7.87. The minimum absolute atomic E-state index is 0.170. The number of aromatic nitrogens is 1. The van der Waals surface area contributed by atoms with E-state index in [0.29, 0.717) is 17.8 Å². The van der Waals surface area contributed by atoms with E-state index >= 15 is 0 Å². The van der Waals surface area contributed by atoms with Gasteiger partial charge >= 0.3 is 0 Å². The van der Waals surface area contributed by atoms with Crippen LogP contribution in [0.25, 0.3) is 0 Å². The SMILES string of the molecule is Cc1nscc1NC(=O)CN(C1C=CC=CC1)S(=O)(=O)c1ccccc1. The third kappa shape index (κ3) is 4.09.